The van der Waals surface area contributed by atoms with Gasteiger partial charge in [0.2, 0.25) is 0 Å². The first-order chi connectivity index (χ1) is 9.81. The molecule has 0 aliphatic carbocycles. The van der Waals surface area contributed by atoms with Gasteiger partial charge in [-0.05, 0) is 69.0 Å². The summed E-state index contributed by atoms with van der Waals surface area (Å²) in [6.45, 7) is 6.92. The van der Waals surface area contributed by atoms with Crippen molar-refractivity contribution < 1.29 is 4.74 Å². The summed E-state index contributed by atoms with van der Waals surface area (Å²) in [5.74, 6) is 2.50. The number of hydrogen-bond donors (Lipinski definition) is 1. The standard InChI is InChI=1S/C17H26N2O/c1-3-19-12-14(9-13-5-4-8-18-11-13)16-10-15(20-2)6-7-17(16)19/h6-7,10,13-14,18H,3-5,8-9,11-12H2,1-2H3. The van der Waals surface area contributed by atoms with E-state index in [1.54, 1.807) is 7.11 Å². The molecule has 1 aromatic rings. The van der Waals surface area contributed by atoms with Crippen LogP contribution < -0.4 is 15.0 Å². The molecule has 3 nitrogen and oxygen atoms in total. The molecule has 110 valence electrons. The fraction of sp³-hybridized carbons (Fsp3) is 0.647. The number of methoxy groups -OCH3 is 1. The van der Waals surface area contributed by atoms with Crippen molar-refractivity contribution >= 4 is 5.69 Å². The molecule has 0 bridgehead atoms. The van der Waals surface area contributed by atoms with Gasteiger partial charge in [-0.2, -0.15) is 0 Å². The van der Waals surface area contributed by atoms with Gasteiger partial charge in [-0.15, -0.1) is 0 Å². The molecular formula is C17H26N2O. The zero-order chi connectivity index (χ0) is 13.9. The third kappa shape index (κ3) is 2.64. The average Bonchev–Trinajstić information content (AvgIpc) is 2.85. The number of likely N-dealkylation sites (N-methyl/N-ethyl adjacent to an activating group) is 1. The zero-order valence-corrected chi connectivity index (χ0v) is 12.7. The molecule has 1 saturated heterocycles. The monoisotopic (exact) mass is 274 g/mol. The maximum Gasteiger partial charge on any atom is 0.119 e. The summed E-state index contributed by atoms with van der Waals surface area (Å²) >= 11 is 0. The van der Waals surface area contributed by atoms with Gasteiger partial charge in [0.1, 0.15) is 5.75 Å². The minimum Gasteiger partial charge on any atom is -0.497 e. The smallest absolute Gasteiger partial charge is 0.119 e. The number of ether oxygens (including phenoxy) is 1. The molecule has 1 aromatic carbocycles. The van der Waals surface area contributed by atoms with Crippen LogP contribution in [0.15, 0.2) is 18.2 Å². The topological polar surface area (TPSA) is 24.5 Å². The molecule has 0 amide bonds. The number of piperidine rings is 1. The molecule has 0 spiro atoms. The largest absolute Gasteiger partial charge is 0.497 e. The lowest BCUT2D eigenvalue weighted by molar-refractivity contribution is 0.338. The number of nitrogens with zero attached hydrogens (tertiary/aromatic N) is 1. The Morgan fingerprint density at radius 1 is 1.40 bits per heavy atom. The van der Waals surface area contributed by atoms with E-state index in [2.05, 4.69) is 35.3 Å². The second-order valence-electron chi connectivity index (χ2n) is 6.11. The van der Waals surface area contributed by atoms with Gasteiger partial charge >= 0.3 is 0 Å². The number of nitrogens with one attached hydrogen (secondary N) is 1. The molecule has 2 aliphatic rings. The summed E-state index contributed by atoms with van der Waals surface area (Å²) in [6, 6.07) is 6.58. The Balaban J connectivity index is 1.79. The van der Waals surface area contributed by atoms with E-state index in [4.69, 9.17) is 4.74 Å². The van der Waals surface area contributed by atoms with Crippen LogP contribution in [0.4, 0.5) is 5.69 Å². The molecule has 20 heavy (non-hydrogen) atoms. The van der Waals surface area contributed by atoms with Gasteiger partial charge in [-0.3, -0.25) is 0 Å². The van der Waals surface area contributed by atoms with Crippen LogP contribution >= 0.6 is 0 Å². The first-order valence-electron chi connectivity index (χ1n) is 7.95. The van der Waals surface area contributed by atoms with Gasteiger partial charge in [0.25, 0.3) is 0 Å². The Bertz CT molecular complexity index is 454. The van der Waals surface area contributed by atoms with Crippen molar-refractivity contribution in [3.05, 3.63) is 23.8 Å². The van der Waals surface area contributed by atoms with E-state index < -0.39 is 0 Å². The van der Waals surface area contributed by atoms with Crippen LogP contribution in [0.25, 0.3) is 0 Å². The summed E-state index contributed by atoms with van der Waals surface area (Å²) in [5, 5.41) is 3.54. The quantitative estimate of drug-likeness (QED) is 0.913. The number of fused-ring (bicyclic) bond motifs is 1. The van der Waals surface area contributed by atoms with Crippen LogP contribution in [-0.2, 0) is 0 Å². The van der Waals surface area contributed by atoms with E-state index in [1.165, 1.54) is 50.1 Å². The molecule has 0 aromatic heterocycles. The molecule has 2 atom stereocenters. The molecule has 3 rings (SSSR count). The van der Waals surface area contributed by atoms with Crippen molar-refractivity contribution in [2.75, 3.05) is 38.2 Å². The van der Waals surface area contributed by atoms with E-state index in [1.807, 2.05) is 0 Å². The predicted molar refractivity (Wildman–Crippen MR) is 83.8 cm³/mol. The minimum absolute atomic E-state index is 0.671. The third-order valence-corrected chi connectivity index (χ3v) is 4.85. The van der Waals surface area contributed by atoms with E-state index in [9.17, 15) is 0 Å². The number of rotatable bonds is 4. The molecule has 0 saturated carbocycles. The molecule has 2 aliphatic heterocycles. The highest BCUT2D eigenvalue weighted by atomic mass is 16.5. The molecule has 3 heteroatoms. The van der Waals surface area contributed by atoms with Crippen molar-refractivity contribution in [3.63, 3.8) is 0 Å². The van der Waals surface area contributed by atoms with Crippen LogP contribution in [0.3, 0.4) is 0 Å². The van der Waals surface area contributed by atoms with Gasteiger partial charge in [0, 0.05) is 24.7 Å². The highest BCUT2D eigenvalue weighted by molar-refractivity contribution is 5.62. The number of anilines is 1. The molecular weight excluding hydrogens is 248 g/mol. The molecule has 1 fully saturated rings. The molecule has 2 heterocycles. The lowest BCUT2D eigenvalue weighted by atomic mass is 9.86. The fourth-order valence-electron chi connectivity index (χ4n) is 3.77. The number of benzene rings is 1. The Labute approximate surface area is 122 Å². The van der Waals surface area contributed by atoms with E-state index in [0.29, 0.717) is 5.92 Å². The van der Waals surface area contributed by atoms with Crippen molar-refractivity contribution in [3.8, 4) is 5.75 Å². The predicted octanol–water partition coefficient (Wildman–Crippen LogP) is 3.01. The van der Waals surface area contributed by atoms with Crippen molar-refractivity contribution in [2.45, 2.75) is 32.1 Å². The highest BCUT2D eigenvalue weighted by Crippen LogP contribution is 2.41. The summed E-state index contributed by atoms with van der Waals surface area (Å²) in [4.78, 5) is 2.51. The minimum atomic E-state index is 0.671. The molecule has 0 radical (unpaired) electrons. The van der Waals surface area contributed by atoms with Gasteiger partial charge < -0.3 is 15.0 Å². The first-order valence-corrected chi connectivity index (χ1v) is 7.95. The average molecular weight is 274 g/mol. The van der Waals surface area contributed by atoms with E-state index in [0.717, 1.165) is 18.2 Å². The molecule has 2 unspecified atom stereocenters. The van der Waals surface area contributed by atoms with Gasteiger partial charge in [0.15, 0.2) is 0 Å². The van der Waals surface area contributed by atoms with Crippen LogP contribution in [0.5, 0.6) is 5.75 Å². The van der Waals surface area contributed by atoms with Gasteiger partial charge in [-0.1, -0.05) is 0 Å². The zero-order valence-electron chi connectivity index (χ0n) is 12.7. The lowest BCUT2D eigenvalue weighted by Crippen LogP contribution is -2.31. The second kappa shape index (κ2) is 6.04. The second-order valence-corrected chi connectivity index (χ2v) is 6.11. The van der Waals surface area contributed by atoms with E-state index >= 15 is 0 Å². The normalized spacial score (nSPS) is 25.6. The fourth-order valence-corrected chi connectivity index (χ4v) is 3.77. The van der Waals surface area contributed by atoms with Crippen LogP contribution in [0.2, 0.25) is 0 Å². The Kier molecular flexibility index (Phi) is 4.16. The maximum absolute atomic E-state index is 5.42. The molecule has 1 N–H and O–H groups in total. The van der Waals surface area contributed by atoms with Crippen molar-refractivity contribution in [1.82, 2.24) is 5.32 Å². The van der Waals surface area contributed by atoms with Crippen LogP contribution in [0, 0.1) is 5.92 Å². The Morgan fingerprint density at radius 3 is 3.00 bits per heavy atom. The first kappa shape index (κ1) is 13.7. The van der Waals surface area contributed by atoms with E-state index in [-0.39, 0.29) is 0 Å². The van der Waals surface area contributed by atoms with Crippen LogP contribution in [0.1, 0.15) is 37.7 Å². The third-order valence-electron chi connectivity index (χ3n) is 4.85. The lowest BCUT2D eigenvalue weighted by Gasteiger charge is -2.26. The van der Waals surface area contributed by atoms with Crippen molar-refractivity contribution in [2.24, 2.45) is 5.92 Å². The van der Waals surface area contributed by atoms with Gasteiger partial charge in [0.05, 0.1) is 7.11 Å². The summed E-state index contributed by atoms with van der Waals surface area (Å²) < 4.78 is 5.42. The van der Waals surface area contributed by atoms with Gasteiger partial charge in [-0.25, -0.2) is 0 Å². The Hall–Kier alpha value is -1.22. The summed E-state index contributed by atoms with van der Waals surface area (Å²) in [6.07, 6.45) is 4.03. The highest BCUT2D eigenvalue weighted by Gasteiger charge is 2.30. The number of hydrogen-bond acceptors (Lipinski definition) is 3. The SMILES string of the molecule is CCN1CC(CC2CCCNC2)c2cc(OC)ccc21. The maximum atomic E-state index is 5.42. The van der Waals surface area contributed by atoms with Crippen molar-refractivity contribution in [1.29, 1.82) is 0 Å². The summed E-state index contributed by atoms with van der Waals surface area (Å²) in [5.41, 5.74) is 2.92. The van der Waals surface area contributed by atoms with Crippen LogP contribution in [-0.4, -0.2) is 33.3 Å². The summed E-state index contributed by atoms with van der Waals surface area (Å²) in [7, 11) is 1.76. The Morgan fingerprint density at radius 2 is 2.30 bits per heavy atom.